The predicted molar refractivity (Wildman–Crippen MR) is 166 cm³/mol. The number of aromatic amines is 2. The first-order chi connectivity index (χ1) is 19.1. The van der Waals surface area contributed by atoms with Gasteiger partial charge in [-0.15, -0.1) is 0 Å². The van der Waals surface area contributed by atoms with Crippen LogP contribution in [0.15, 0.2) is 24.8 Å². The van der Waals surface area contributed by atoms with Crippen molar-refractivity contribution in [1.82, 2.24) is 19.9 Å². The van der Waals surface area contributed by atoms with Gasteiger partial charge in [0.25, 0.3) is 0 Å². The Bertz CT molecular complexity index is 1730. The van der Waals surface area contributed by atoms with Crippen LogP contribution in [0.5, 0.6) is 0 Å². The highest BCUT2D eigenvalue weighted by Gasteiger charge is 2.32. The lowest BCUT2D eigenvalue weighted by Gasteiger charge is -2.17. The molecule has 3 aromatic rings. The second kappa shape index (κ2) is 10.6. The number of carboxylic acid groups (broad SMARTS) is 1. The van der Waals surface area contributed by atoms with Crippen molar-refractivity contribution in [3.8, 4) is 0 Å². The third kappa shape index (κ3) is 4.49. The summed E-state index contributed by atoms with van der Waals surface area (Å²) in [4.78, 5) is 29.4. The number of aromatic nitrogens is 4. The van der Waals surface area contributed by atoms with Gasteiger partial charge in [-0.2, -0.15) is 0 Å². The second-order valence-electron chi connectivity index (χ2n) is 11.2. The average Bonchev–Trinajstić information content (AvgIpc) is 3.58. The van der Waals surface area contributed by atoms with Crippen LogP contribution in [0.1, 0.15) is 110 Å². The molecule has 3 N–H and O–H groups in total. The molecule has 0 aromatic carbocycles. The molecule has 0 saturated carbocycles. The Morgan fingerprint density at radius 3 is 2.25 bits per heavy atom. The lowest BCUT2D eigenvalue weighted by atomic mass is 9.84. The molecule has 40 heavy (non-hydrogen) atoms. The van der Waals surface area contributed by atoms with E-state index in [1.807, 2.05) is 6.08 Å². The molecule has 0 spiro atoms. The van der Waals surface area contributed by atoms with E-state index in [4.69, 9.17) is 9.97 Å². The van der Waals surface area contributed by atoms with Crippen molar-refractivity contribution in [2.75, 3.05) is 0 Å². The molecule has 0 unspecified atom stereocenters. The van der Waals surface area contributed by atoms with Gasteiger partial charge in [0.2, 0.25) is 0 Å². The summed E-state index contributed by atoms with van der Waals surface area (Å²) in [6, 6.07) is 6.50. The maximum absolute atomic E-state index is 11.6. The van der Waals surface area contributed by atoms with Gasteiger partial charge in [0.1, 0.15) is 0 Å². The van der Waals surface area contributed by atoms with Gasteiger partial charge < -0.3 is 15.1 Å². The van der Waals surface area contributed by atoms with E-state index >= 15 is 0 Å². The van der Waals surface area contributed by atoms with Gasteiger partial charge in [-0.3, -0.25) is 9.78 Å². The van der Waals surface area contributed by atoms with Gasteiger partial charge in [-0.25, -0.2) is 4.98 Å². The molecule has 0 saturated heterocycles. The maximum atomic E-state index is 11.6. The summed E-state index contributed by atoms with van der Waals surface area (Å²) >= 11 is 0. The van der Waals surface area contributed by atoms with Crippen LogP contribution in [0.3, 0.4) is 0 Å². The quantitative estimate of drug-likeness (QED) is 0.295. The molecule has 3 aromatic heterocycles. The zero-order valence-corrected chi connectivity index (χ0v) is 24.7. The Morgan fingerprint density at radius 1 is 0.925 bits per heavy atom. The number of rotatable bonds is 6. The normalized spacial score (nSPS) is 17.0. The number of carboxylic acids is 1. The molecule has 0 amide bonds. The zero-order chi connectivity index (χ0) is 28.9. The van der Waals surface area contributed by atoms with Crippen LogP contribution >= 0.6 is 0 Å². The number of aryl methyl sites for hydroxylation is 3. The molecule has 208 valence electrons. The Morgan fingerprint density at radius 2 is 1.60 bits per heavy atom. The summed E-state index contributed by atoms with van der Waals surface area (Å²) in [5, 5.41) is 9.54. The van der Waals surface area contributed by atoms with E-state index in [-0.39, 0.29) is 18.3 Å². The molecule has 2 aliphatic heterocycles. The first-order valence-electron chi connectivity index (χ1n) is 14.4. The molecule has 0 fully saturated rings. The maximum Gasteiger partial charge on any atom is 0.303 e. The topological polar surface area (TPSA) is 94.7 Å². The predicted octanol–water partition coefficient (Wildman–Crippen LogP) is 8.40. The number of carbonyl (C=O) groups is 1. The van der Waals surface area contributed by atoms with Crippen LogP contribution in [-0.2, 0) is 17.6 Å². The summed E-state index contributed by atoms with van der Waals surface area (Å²) in [5.74, 6) is -0.688. The number of nitrogens with zero attached hydrogens (tertiary/aromatic N) is 2. The number of hydrogen-bond acceptors (Lipinski definition) is 3. The minimum Gasteiger partial charge on any atom is -0.481 e. The fourth-order valence-corrected chi connectivity index (χ4v) is 6.45. The Kier molecular flexibility index (Phi) is 7.30. The molecule has 2 aliphatic rings. The van der Waals surface area contributed by atoms with Gasteiger partial charge in [-0.1, -0.05) is 33.4 Å². The van der Waals surface area contributed by atoms with Crippen molar-refractivity contribution in [1.29, 1.82) is 0 Å². The van der Waals surface area contributed by atoms with Crippen molar-refractivity contribution >= 4 is 45.3 Å². The molecule has 5 heterocycles. The number of hydrogen-bond donors (Lipinski definition) is 3. The van der Waals surface area contributed by atoms with E-state index in [0.717, 1.165) is 85.5 Å². The van der Waals surface area contributed by atoms with Crippen LogP contribution in [0.2, 0.25) is 0 Å². The molecule has 8 bridgehead atoms. The standard InChI is InChI=1S/C34H40N4O2/c1-9-22-19(6)27-14-29-21(8)25(12-13-32(39)40)34(38-29)24(11-3)33-18(5)17(4)26(37-33)15-30-23(10-2)20(7)28(36-30)16-31(22)35-27/h9,14-16,21,25,35-36H,1,10-13H2,2-8H3,(H,39,40)/t21-,25-/m0/s1. The van der Waals surface area contributed by atoms with Crippen LogP contribution in [0.25, 0.3) is 39.3 Å². The van der Waals surface area contributed by atoms with E-state index in [9.17, 15) is 9.90 Å². The van der Waals surface area contributed by atoms with Crippen molar-refractivity contribution < 1.29 is 9.90 Å². The smallest absolute Gasteiger partial charge is 0.303 e. The van der Waals surface area contributed by atoms with E-state index in [1.54, 1.807) is 0 Å². The molecule has 0 radical (unpaired) electrons. The number of allylic oxidation sites excluding steroid dienone is 2. The van der Waals surface area contributed by atoms with Crippen LogP contribution in [0, 0.1) is 13.8 Å². The van der Waals surface area contributed by atoms with Crippen molar-refractivity contribution in [3.05, 3.63) is 75.4 Å². The molecular weight excluding hydrogens is 496 g/mol. The number of fused-ring (bicyclic) bond motifs is 8. The van der Waals surface area contributed by atoms with Crippen molar-refractivity contribution in [2.24, 2.45) is 0 Å². The number of H-pyrrole nitrogens is 2. The highest BCUT2D eigenvalue weighted by Crippen LogP contribution is 2.43. The lowest BCUT2D eigenvalue weighted by Crippen LogP contribution is -2.08. The highest BCUT2D eigenvalue weighted by atomic mass is 16.4. The lowest BCUT2D eigenvalue weighted by molar-refractivity contribution is -0.137. The monoisotopic (exact) mass is 536 g/mol. The van der Waals surface area contributed by atoms with Gasteiger partial charge in [0.15, 0.2) is 0 Å². The summed E-state index contributed by atoms with van der Waals surface area (Å²) < 4.78 is 0. The van der Waals surface area contributed by atoms with Crippen LogP contribution in [0.4, 0.5) is 0 Å². The number of nitrogens with one attached hydrogen (secondary N) is 2. The first kappa shape index (κ1) is 27.6. The van der Waals surface area contributed by atoms with E-state index in [2.05, 4.69) is 83.2 Å². The minimum atomic E-state index is -0.779. The molecule has 6 nitrogen and oxygen atoms in total. The summed E-state index contributed by atoms with van der Waals surface area (Å²) in [5.41, 5.74) is 16.2. The average molecular weight is 537 g/mol. The molecule has 5 rings (SSSR count). The molecule has 0 aliphatic carbocycles. The fraction of sp³-hybridized carbons (Fsp3) is 0.382. The van der Waals surface area contributed by atoms with E-state index < -0.39 is 5.97 Å². The first-order valence-corrected chi connectivity index (χ1v) is 14.4. The highest BCUT2D eigenvalue weighted by molar-refractivity contribution is 5.92. The van der Waals surface area contributed by atoms with Gasteiger partial charge >= 0.3 is 5.97 Å². The largest absolute Gasteiger partial charge is 0.481 e. The third-order valence-electron chi connectivity index (χ3n) is 9.06. The Labute approximate surface area is 236 Å². The molecule has 2 atom stereocenters. The Balaban J connectivity index is 1.98. The van der Waals surface area contributed by atoms with E-state index in [1.165, 1.54) is 11.1 Å². The summed E-state index contributed by atoms with van der Waals surface area (Å²) in [6.07, 6.45) is 4.24. The van der Waals surface area contributed by atoms with Crippen molar-refractivity contribution in [2.45, 2.75) is 86.0 Å². The van der Waals surface area contributed by atoms with Gasteiger partial charge in [-0.05, 0) is 98.6 Å². The Hall–Kier alpha value is -3.93. The van der Waals surface area contributed by atoms with Crippen LogP contribution in [-0.4, -0.2) is 31.0 Å². The fourth-order valence-electron chi connectivity index (χ4n) is 6.45. The van der Waals surface area contributed by atoms with Gasteiger partial charge in [0, 0.05) is 57.3 Å². The number of aliphatic carboxylic acids is 1. The second-order valence-corrected chi connectivity index (χ2v) is 11.2. The van der Waals surface area contributed by atoms with Crippen molar-refractivity contribution in [3.63, 3.8) is 0 Å². The zero-order valence-electron chi connectivity index (χ0n) is 24.7. The summed E-state index contributed by atoms with van der Waals surface area (Å²) in [6.45, 7) is 19.2. The molecular formula is C34H40N4O2. The summed E-state index contributed by atoms with van der Waals surface area (Å²) in [7, 11) is 0. The van der Waals surface area contributed by atoms with E-state index in [0.29, 0.717) is 6.42 Å². The SMILES string of the molecule is C=Cc1c(C)c2cc3nc(c(CC)c4nc(cc5[nH]c(cc1[nH]2)c(C)c5CC)C(C)=C4C)[C@@H](CCC(=O)O)[C@@H]3C. The van der Waals surface area contributed by atoms with Crippen LogP contribution < -0.4 is 0 Å². The minimum absolute atomic E-state index is 0.0110. The molecule has 6 heteroatoms. The third-order valence-corrected chi connectivity index (χ3v) is 9.06. The van der Waals surface area contributed by atoms with Gasteiger partial charge in [0.05, 0.1) is 11.4 Å².